The van der Waals surface area contributed by atoms with E-state index in [2.05, 4.69) is 0 Å². The van der Waals surface area contributed by atoms with E-state index >= 15 is 0 Å². The first-order valence-corrected chi connectivity index (χ1v) is 6.34. The smallest absolute Gasteiger partial charge is 0.389 e. The van der Waals surface area contributed by atoms with Gasteiger partial charge in [-0.05, 0) is 13.3 Å². The van der Waals surface area contributed by atoms with E-state index in [1.165, 1.54) is 14.0 Å². The van der Waals surface area contributed by atoms with Gasteiger partial charge < -0.3 is 5.11 Å². The lowest BCUT2D eigenvalue weighted by atomic mass is 10.3. The summed E-state index contributed by atoms with van der Waals surface area (Å²) in [4.78, 5) is 0. The third-order valence-corrected chi connectivity index (χ3v) is 4.23. The Morgan fingerprint density at radius 1 is 1.38 bits per heavy atom. The number of hydrogen-bond donors (Lipinski definition) is 1. The van der Waals surface area contributed by atoms with E-state index in [1.807, 2.05) is 0 Å². The first-order valence-electron chi connectivity index (χ1n) is 4.73. The molecule has 0 aliphatic heterocycles. The van der Waals surface area contributed by atoms with Crippen molar-refractivity contribution >= 4 is 10.0 Å². The molecule has 0 aromatic heterocycles. The van der Waals surface area contributed by atoms with Gasteiger partial charge in [-0.15, -0.1) is 0 Å². The second-order valence-electron chi connectivity index (χ2n) is 3.58. The lowest BCUT2D eigenvalue weighted by molar-refractivity contribution is -0.134. The maximum Gasteiger partial charge on any atom is 0.389 e. The summed E-state index contributed by atoms with van der Waals surface area (Å²) in [6.07, 6.45) is -5.92. The summed E-state index contributed by atoms with van der Waals surface area (Å²) in [5.74, 6) is -0.562. The van der Waals surface area contributed by atoms with Crippen molar-refractivity contribution in [3.8, 4) is 0 Å². The first-order chi connectivity index (χ1) is 7.10. The first kappa shape index (κ1) is 15.7. The molecule has 0 amide bonds. The molecule has 0 heterocycles. The molecule has 0 saturated carbocycles. The van der Waals surface area contributed by atoms with Gasteiger partial charge in [-0.1, -0.05) is 0 Å². The van der Waals surface area contributed by atoms with Gasteiger partial charge >= 0.3 is 6.18 Å². The van der Waals surface area contributed by atoms with Crippen LogP contribution < -0.4 is 0 Å². The Bertz CT molecular complexity index is 302. The predicted molar refractivity (Wildman–Crippen MR) is 53.4 cm³/mol. The van der Waals surface area contributed by atoms with E-state index in [9.17, 15) is 21.6 Å². The van der Waals surface area contributed by atoms with Crippen molar-refractivity contribution in [2.75, 3.05) is 19.4 Å². The molecular formula is C8H16F3NO3S. The van der Waals surface area contributed by atoms with Gasteiger partial charge in [0.15, 0.2) is 0 Å². The molecule has 0 fully saturated rings. The van der Waals surface area contributed by atoms with Crippen LogP contribution in [0, 0.1) is 0 Å². The fraction of sp³-hybridized carbons (Fsp3) is 1.00. The molecule has 0 aliphatic carbocycles. The summed E-state index contributed by atoms with van der Waals surface area (Å²) in [5.41, 5.74) is 0. The molecule has 0 aromatic rings. The summed E-state index contributed by atoms with van der Waals surface area (Å²) in [6, 6.07) is -0.629. The number of aliphatic hydroxyl groups is 1. The van der Waals surface area contributed by atoms with Crippen molar-refractivity contribution in [3.63, 3.8) is 0 Å². The average molecular weight is 263 g/mol. The molecule has 1 unspecified atom stereocenters. The standard InChI is InChI=1S/C8H16F3NO3S/c1-7(6-13)12(2)16(14,15)5-3-4-8(9,10)11/h7,13H,3-6H2,1-2H3. The summed E-state index contributed by atoms with van der Waals surface area (Å²) >= 11 is 0. The Labute approximate surface area is 93.1 Å². The zero-order valence-electron chi connectivity index (χ0n) is 9.16. The van der Waals surface area contributed by atoms with Gasteiger partial charge in [0, 0.05) is 19.5 Å². The van der Waals surface area contributed by atoms with Gasteiger partial charge in [0.2, 0.25) is 10.0 Å². The van der Waals surface area contributed by atoms with Crippen molar-refractivity contribution < 1.29 is 26.7 Å². The molecule has 0 spiro atoms. The number of aliphatic hydroxyl groups excluding tert-OH is 1. The largest absolute Gasteiger partial charge is 0.395 e. The highest BCUT2D eigenvalue weighted by Gasteiger charge is 2.29. The molecule has 1 atom stereocenters. The topological polar surface area (TPSA) is 57.6 Å². The molecule has 98 valence electrons. The van der Waals surface area contributed by atoms with Crippen LogP contribution >= 0.6 is 0 Å². The van der Waals surface area contributed by atoms with Crippen molar-refractivity contribution in [3.05, 3.63) is 0 Å². The number of halogens is 3. The van der Waals surface area contributed by atoms with Crippen LogP contribution in [0.2, 0.25) is 0 Å². The Morgan fingerprint density at radius 3 is 2.25 bits per heavy atom. The SMILES string of the molecule is CC(CO)N(C)S(=O)(=O)CCCC(F)(F)F. The minimum Gasteiger partial charge on any atom is -0.395 e. The van der Waals surface area contributed by atoms with Gasteiger partial charge in [-0.3, -0.25) is 0 Å². The molecule has 0 bridgehead atoms. The van der Waals surface area contributed by atoms with E-state index in [0.29, 0.717) is 0 Å². The fourth-order valence-corrected chi connectivity index (χ4v) is 2.40. The maximum atomic E-state index is 11.8. The van der Waals surface area contributed by atoms with Crippen LogP contribution in [0.4, 0.5) is 13.2 Å². The van der Waals surface area contributed by atoms with Crippen LogP contribution in [0.15, 0.2) is 0 Å². The van der Waals surface area contributed by atoms with Gasteiger partial charge in [0.25, 0.3) is 0 Å². The number of nitrogens with zero attached hydrogens (tertiary/aromatic N) is 1. The summed E-state index contributed by atoms with van der Waals surface area (Å²) < 4.78 is 59.2. The van der Waals surface area contributed by atoms with Crippen molar-refractivity contribution in [1.82, 2.24) is 4.31 Å². The quantitative estimate of drug-likeness (QED) is 0.777. The van der Waals surface area contributed by atoms with Crippen LogP contribution in [-0.4, -0.2) is 49.5 Å². The molecule has 0 radical (unpaired) electrons. The van der Waals surface area contributed by atoms with E-state index in [-0.39, 0.29) is 6.61 Å². The molecule has 8 heteroatoms. The molecular weight excluding hydrogens is 247 g/mol. The highest BCUT2D eigenvalue weighted by Crippen LogP contribution is 2.22. The highest BCUT2D eigenvalue weighted by atomic mass is 32.2. The average Bonchev–Trinajstić information content (AvgIpc) is 2.13. The van der Waals surface area contributed by atoms with Crippen LogP contribution in [0.1, 0.15) is 19.8 Å². The number of alkyl halides is 3. The van der Waals surface area contributed by atoms with E-state index in [0.717, 1.165) is 4.31 Å². The van der Waals surface area contributed by atoms with Crippen LogP contribution in [0.25, 0.3) is 0 Å². The molecule has 16 heavy (non-hydrogen) atoms. The minimum atomic E-state index is -4.34. The van der Waals surface area contributed by atoms with E-state index in [4.69, 9.17) is 5.11 Å². The van der Waals surface area contributed by atoms with Gasteiger partial charge in [0.1, 0.15) is 0 Å². The molecule has 1 N–H and O–H groups in total. The van der Waals surface area contributed by atoms with Crippen LogP contribution in [0.3, 0.4) is 0 Å². The second-order valence-corrected chi connectivity index (χ2v) is 5.73. The van der Waals surface area contributed by atoms with Gasteiger partial charge in [-0.2, -0.15) is 17.5 Å². The Morgan fingerprint density at radius 2 is 1.88 bits per heavy atom. The van der Waals surface area contributed by atoms with E-state index < -0.39 is 40.8 Å². The summed E-state index contributed by atoms with van der Waals surface area (Å²) in [6.45, 7) is 1.11. The number of hydrogen-bond acceptors (Lipinski definition) is 3. The molecule has 0 aliphatic rings. The minimum absolute atomic E-state index is 0.366. The number of likely N-dealkylation sites (N-methyl/N-ethyl adjacent to an activating group) is 1. The zero-order valence-corrected chi connectivity index (χ0v) is 9.98. The third kappa shape index (κ3) is 5.66. The summed E-state index contributed by atoms with van der Waals surface area (Å²) in [7, 11) is -2.48. The molecule has 0 aromatic carbocycles. The predicted octanol–water partition coefficient (Wildman–Crippen LogP) is 0.971. The lowest BCUT2D eigenvalue weighted by Gasteiger charge is -2.22. The highest BCUT2D eigenvalue weighted by molar-refractivity contribution is 7.89. The van der Waals surface area contributed by atoms with Gasteiger partial charge in [0.05, 0.1) is 12.4 Å². The molecule has 0 rings (SSSR count). The third-order valence-electron chi connectivity index (χ3n) is 2.19. The fourth-order valence-electron chi connectivity index (χ4n) is 0.988. The molecule has 0 saturated heterocycles. The Hall–Kier alpha value is -0.340. The van der Waals surface area contributed by atoms with Crippen LogP contribution in [0.5, 0.6) is 0 Å². The summed E-state index contributed by atoms with van der Waals surface area (Å²) in [5, 5.41) is 8.74. The monoisotopic (exact) mass is 263 g/mol. The number of rotatable bonds is 6. The maximum absolute atomic E-state index is 11.8. The van der Waals surface area contributed by atoms with Crippen molar-refractivity contribution in [1.29, 1.82) is 0 Å². The lowest BCUT2D eigenvalue weighted by Crippen LogP contribution is -2.38. The van der Waals surface area contributed by atoms with Crippen LogP contribution in [-0.2, 0) is 10.0 Å². The van der Waals surface area contributed by atoms with E-state index in [1.54, 1.807) is 0 Å². The van der Waals surface area contributed by atoms with Crippen molar-refractivity contribution in [2.45, 2.75) is 32.0 Å². The Balaban J connectivity index is 4.26. The number of sulfonamides is 1. The van der Waals surface area contributed by atoms with Crippen molar-refractivity contribution in [2.24, 2.45) is 0 Å². The molecule has 4 nitrogen and oxygen atoms in total. The normalized spacial score (nSPS) is 15.4. The zero-order chi connectivity index (χ0) is 13.0. The Kier molecular flexibility index (Phi) is 5.71. The van der Waals surface area contributed by atoms with Gasteiger partial charge in [-0.25, -0.2) is 8.42 Å². The second kappa shape index (κ2) is 5.83.